The molecule has 1 aromatic carbocycles. The van der Waals surface area contributed by atoms with Gasteiger partial charge in [0.15, 0.2) is 0 Å². The highest BCUT2D eigenvalue weighted by atomic mass is 35.5. The molecule has 0 aliphatic heterocycles. The van der Waals surface area contributed by atoms with Crippen molar-refractivity contribution in [1.29, 1.82) is 0 Å². The molecule has 0 saturated carbocycles. The lowest BCUT2D eigenvalue weighted by Gasteiger charge is -2.06. The maximum Gasteiger partial charge on any atom is 0.303 e. The van der Waals surface area contributed by atoms with E-state index in [4.69, 9.17) is 16.7 Å². The molecule has 2 aromatic heterocycles. The minimum atomic E-state index is -0.870. The van der Waals surface area contributed by atoms with Crippen molar-refractivity contribution in [2.75, 3.05) is 0 Å². The Balaban J connectivity index is 2.05. The summed E-state index contributed by atoms with van der Waals surface area (Å²) >= 11 is 7.49. The summed E-state index contributed by atoms with van der Waals surface area (Å²) in [4.78, 5) is 28.4. The maximum atomic E-state index is 12.8. The van der Waals surface area contributed by atoms with Crippen molar-refractivity contribution in [3.8, 4) is 11.1 Å². The molecule has 24 heavy (non-hydrogen) atoms. The van der Waals surface area contributed by atoms with Gasteiger partial charge in [0, 0.05) is 28.9 Å². The number of hydrogen-bond acceptors (Lipinski definition) is 4. The highest BCUT2D eigenvalue weighted by Gasteiger charge is 2.14. The van der Waals surface area contributed by atoms with Crippen LogP contribution in [0.4, 0.5) is 0 Å². The zero-order valence-electron chi connectivity index (χ0n) is 13.0. The third-order valence-corrected chi connectivity index (χ3v) is 5.13. The summed E-state index contributed by atoms with van der Waals surface area (Å²) in [7, 11) is 0. The molecule has 0 aliphatic rings. The van der Waals surface area contributed by atoms with Crippen LogP contribution in [0.15, 0.2) is 34.7 Å². The number of aliphatic carboxylic acids is 1. The van der Waals surface area contributed by atoms with Crippen molar-refractivity contribution in [2.24, 2.45) is 0 Å². The van der Waals surface area contributed by atoms with Crippen LogP contribution >= 0.6 is 22.9 Å². The number of halogens is 1. The fourth-order valence-corrected chi connectivity index (χ4v) is 3.58. The lowest BCUT2D eigenvalue weighted by molar-refractivity contribution is -0.137. The van der Waals surface area contributed by atoms with Crippen molar-refractivity contribution < 1.29 is 9.90 Å². The summed E-state index contributed by atoms with van der Waals surface area (Å²) in [5, 5.41) is 11.9. The Hall–Kier alpha value is -2.18. The van der Waals surface area contributed by atoms with Crippen LogP contribution in [0.5, 0.6) is 0 Å². The van der Waals surface area contributed by atoms with Crippen molar-refractivity contribution in [2.45, 2.75) is 26.3 Å². The molecule has 0 atom stereocenters. The molecule has 2 heterocycles. The SMILES string of the molecule is Cc1cc(-c2csc3ncn(CCCC(=O)O)c(=O)c23)ccc1Cl. The number of thiophene rings is 1. The van der Waals surface area contributed by atoms with Gasteiger partial charge < -0.3 is 5.11 Å². The van der Waals surface area contributed by atoms with Crippen LogP contribution in [0.2, 0.25) is 5.02 Å². The fraction of sp³-hybridized carbons (Fsp3) is 0.235. The average Bonchev–Trinajstić information content (AvgIpc) is 2.97. The van der Waals surface area contributed by atoms with Crippen LogP contribution in [-0.4, -0.2) is 20.6 Å². The largest absolute Gasteiger partial charge is 0.481 e. The van der Waals surface area contributed by atoms with Gasteiger partial charge in [0.2, 0.25) is 0 Å². The first-order chi connectivity index (χ1) is 11.5. The second kappa shape index (κ2) is 6.75. The minimum Gasteiger partial charge on any atom is -0.481 e. The van der Waals surface area contributed by atoms with Crippen molar-refractivity contribution in [3.05, 3.63) is 50.8 Å². The van der Waals surface area contributed by atoms with Crippen LogP contribution in [0, 0.1) is 6.92 Å². The Bertz CT molecular complexity index is 978. The molecule has 1 N–H and O–H groups in total. The number of nitrogens with zero attached hydrogens (tertiary/aromatic N) is 2. The molecule has 0 radical (unpaired) electrons. The number of rotatable bonds is 5. The quantitative estimate of drug-likeness (QED) is 0.745. The third-order valence-electron chi connectivity index (χ3n) is 3.82. The monoisotopic (exact) mass is 362 g/mol. The molecule has 5 nitrogen and oxygen atoms in total. The van der Waals surface area contributed by atoms with E-state index in [1.54, 1.807) is 0 Å². The van der Waals surface area contributed by atoms with Gasteiger partial charge in [-0.25, -0.2) is 4.98 Å². The van der Waals surface area contributed by atoms with Gasteiger partial charge in [0.1, 0.15) is 4.83 Å². The number of benzene rings is 1. The van der Waals surface area contributed by atoms with Crippen LogP contribution in [0.25, 0.3) is 21.3 Å². The van der Waals surface area contributed by atoms with E-state index in [0.717, 1.165) is 16.7 Å². The number of carboxylic acid groups (broad SMARTS) is 1. The predicted molar refractivity (Wildman–Crippen MR) is 95.9 cm³/mol. The van der Waals surface area contributed by atoms with Gasteiger partial charge in [-0.15, -0.1) is 11.3 Å². The van der Waals surface area contributed by atoms with Gasteiger partial charge in [-0.1, -0.05) is 17.7 Å². The molecule has 0 bridgehead atoms. The predicted octanol–water partition coefficient (Wildman–Crippen LogP) is 3.95. The van der Waals surface area contributed by atoms with Crippen molar-refractivity contribution in [1.82, 2.24) is 9.55 Å². The number of aryl methyl sites for hydroxylation is 2. The standard InChI is InChI=1S/C17H15ClN2O3S/c1-10-7-11(4-5-13(10)18)12-8-24-16-15(12)17(23)20(9-19-16)6-2-3-14(21)22/h4-5,7-9H,2-3,6H2,1H3,(H,21,22). The number of carbonyl (C=O) groups is 1. The molecule has 0 aliphatic carbocycles. The van der Waals surface area contributed by atoms with E-state index in [1.807, 2.05) is 30.5 Å². The van der Waals surface area contributed by atoms with Crippen LogP contribution < -0.4 is 5.56 Å². The average molecular weight is 363 g/mol. The van der Waals surface area contributed by atoms with Crippen molar-refractivity contribution >= 4 is 39.1 Å². The topological polar surface area (TPSA) is 72.2 Å². The molecular weight excluding hydrogens is 348 g/mol. The minimum absolute atomic E-state index is 0.0251. The number of carboxylic acids is 1. The van der Waals surface area contributed by atoms with E-state index in [-0.39, 0.29) is 12.0 Å². The Labute approximate surface area is 147 Å². The first-order valence-electron chi connectivity index (χ1n) is 7.42. The third kappa shape index (κ3) is 3.20. The van der Waals surface area contributed by atoms with Crippen LogP contribution in [-0.2, 0) is 11.3 Å². The second-order valence-electron chi connectivity index (χ2n) is 5.53. The van der Waals surface area contributed by atoms with Gasteiger partial charge >= 0.3 is 5.97 Å². The first kappa shape index (κ1) is 16.7. The smallest absolute Gasteiger partial charge is 0.303 e. The van der Waals surface area contributed by atoms with Gasteiger partial charge in [0.05, 0.1) is 11.7 Å². The van der Waals surface area contributed by atoms with Gasteiger partial charge in [-0.3, -0.25) is 14.2 Å². The Morgan fingerprint density at radius 2 is 2.21 bits per heavy atom. The highest BCUT2D eigenvalue weighted by molar-refractivity contribution is 7.17. The Morgan fingerprint density at radius 1 is 1.42 bits per heavy atom. The Kier molecular flexibility index (Phi) is 4.69. The van der Waals surface area contributed by atoms with E-state index in [9.17, 15) is 9.59 Å². The van der Waals surface area contributed by atoms with Gasteiger partial charge in [-0.2, -0.15) is 0 Å². The summed E-state index contributed by atoms with van der Waals surface area (Å²) in [5.74, 6) is -0.870. The molecule has 124 valence electrons. The lowest BCUT2D eigenvalue weighted by Crippen LogP contribution is -2.20. The van der Waals surface area contributed by atoms with E-state index in [0.29, 0.717) is 28.2 Å². The summed E-state index contributed by atoms with van der Waals surface area (Å²) in [6.07, 6.45) is 1.90. The molecule has 7 heteroatoms. The molecule has 0 spiro atoms. The lowest BCUT2D eigenvalue weighted by atomic mass is 10.0. The molecule has 0 amide bonds. The second-order valence-corrected chi connectivity index (χ2v) is 6.80. The van der Waals surface area contributed by atoms with E-state index >= 15 is 0 Å². The normalized spacial score (nSPS) is 11.1. The van der Waals surface area contributed by atoms with E-state index in [2.05, 4.69) is 4.98 Å². The summed E-state index contributed by atoms with van der Waals surface area (Å²) < 4.78 is 1.48. The number of aromatic nitrogens is 2. The molecule has 3 rings (SSSR count). The number of fused-ring (bicyclic) bond motifs is 1. The maximum absolute atomic E-state index is 12.8. The summed E-state index contributed by atoms with van der Waals surface area (Å²) in [6.45, 7) is 2.26. The Morgan fingerprint density at radius 3 is 2.92 bits per heavy atom. The molecule has 0 unspecified atom stereocenters. The zero-order chi connectivity index (χ0) is 17.3. The molecule has 0 saturated heterocycles. The molecular formula is C17H15ClN2O3S. The van der Waals surface area contributed by atoms with Gasteiger partial charge in [-0.05, 0) is 36.6 Å². The van der Waals surface area contributed by atoms with Gasteiger partial charge in [0.25, 0.3) is 5.56 Å². The van der Waals surface area contributed by atoms with E-state index < -0.39 is 5.97 Å². The molecule has 0 fully saturated rings. The zero-order valence-corrected chi connectivity index (χ0v) is 14.5. The summed E-state index contributed by atoms with van der Waals surface area (Å²) in [6, 6.07) is 5.65. The van der Waals surface area contributed by atoms with Crippen molar-refractivity contribution in [3.63, 3.8) is 0 Å². The highest BCUT2D eigenvalue weighted by Crippen LogP contribution is 2.32. The van der Waals surface area contributed by atoms with Crippen LogP contribution in [0.1, 0.15) is 18.4 Å². The first-order valence-corrected chi connectivity index (χ1v) is 8.68. The number of hydrogen-bond donors (Lipinski definition) is 1. The van der Waals surface area contributed by atoms with Crippen LogP contribution in [0.3, 0.4) is 0 Å². The fourth-order valence-electron chi connectivity index (χ4n) is 2.55. The summed E-state index contributed by atoms with van der Waals surface area (Å²) in [5.41, 5.74) is 2.55. The molecule has 3 aromatic rings. The van der Waals surface area contributed by atoms with E-state index in [1.165, 1.54) is 22.2 Å².